The Balaban J connectivity index is 2.11. The van der Waals surface area contributed by atoms with Crippen molar-refractivity contribution in [3.05, 3.63) is 67.9 Å². The fourth-order valence-electron chi connectivity index (χ4n) is 2.88. The van der Waals surface area contributed by atoms with Gasteiger partial charge in [-0.15, -0.1) is 22.7 Å². The van der Waals surface area contributed by atoms with Crippen LogP contribution in [0.3, 0.4) is 0 Å². The quantitative estimate of drug-likeness (QED) is 0.551. The van der Waals surface area contributed by atoms with Gasteiger partial charge in [-0.2, -0.15) is 0 Å². The summed E-state index contributed by atoms with van der Waals surface area (Å²) >= 11 is 3.04. The number of aryl methyl sites for hydroxylation is 2. The molecular weight excluding hydrogens is 340 g/mol. The van der Waals surface area contributed by atoms with Crippen LogP contribution in [0, 0.1) is 0 Å². The first-order valence-corrected chi connectivity index (χ1v) is 9.15. The van der Waals surface area contributed by atoms with E-state index >= 15 is 0 Å². The van der Waals surface area contributed by atoms with Crippen LogP contribution in [0.4, 0.5) is 0 Å². The Kier molecular flexibility index (Phi) is 3.51. The molecule has 4 nitrogen and oxygen atoms in total. The molecule has 24 heavy (non-hydrogen) atoms. The highest BCUT2D eigenvalue weighted by atomic mass is 32.1. The smallest absolute Gasteiger partial charge is 0.259 e. The molecule has 4 aromatic rings. The van der Waals surface area contributed by atoms with Gasteiger partial charge in [-0.05, 0) is 35.0 Å². The van der Waals surface area contributed by atoms with Gasteiger partial charge >= 0.3 is 0 Å². The first kappa shape index (κ1) is 15.1. The first-order chi connectivity index (χ1) is 11.6. The standard InChI is InChI=1S/C18H14N2O2S2/c1-19-13-9-12(16-6-4-8-24-16)18(22)20(2)14(13)10-11(17(19)21)15-5-3-7-23-15/h3-10H,1-2H3. The molecule has 0 unspecified atom stereocenters. The molecule has 0 amide bonds. The minimum atomic E-state index is -0.0549. The van der Waals surface area contributed by atoms with Crippen molar-refractivity contribution in [2.45, 2.75) is 0 Å². The molecule has 0 bridgehead atoms. The van der Waals surface area contributed by atoms with Crippen LogP contribution in [0.2, 0.25) is 0 Å². The van der Waals surface area contributed by atoms with Gasteiger partial charge in [0.15, 0.2) is 0 Å². The largest absolute Gasteiger partial charge is 0.309 e. The number of nitrogens with zero attached hydrogens (tertiary/aromatic N) is 2. The predicted molar refractivity (Wildman–Crippen MR) is 101 cm³/mol. The zero-order chi connectivity index (χ0) is 16.8. The third-order valence-electron chi connectivity index (χ3n) is 4.19. The van der Waals surface area contributed by atoms with Crippen molar-refractivity contribution in [3.63, 3.8) is 0 Å². The Labute approximate surface area is 145 Å². The highest BCUT2D eigenvalue weighted by Gasteiger charge is 2.15. The molecule has 120 valence electrons. The van der Waals surface area contributed by atoms with E-state index in [-0.39, 0.29) is 11.1 Å². The van der Waals surface area contributed by atoms with Crippen molar-refractivity contribution in [1.29, 1.82) is 0 Å². The van der Waals surface area contributed by atoms with Crippen LogP contribution >= 0.6 is 22.7 Å². The van der Waals surface area contributed by atoms with Crippen LogP contribution in [0.1, 0.15) is 0 Å². The summed E-state index contributed by atoms with van der Waals surface area (Å²) < 4.78 is 3.25. The molecule has 4 heterocycles. The van der Waals surface area contributed by atoms with Gasteiger partial charge in [0.25, 0.3) is 11.1 Å². The van der Waals surface area contributed by atoms with Gasteiger partial charge in [0, 0.05) is 23.8 Å². The molecular formula is C18H14N2O2S2. The van der Waals surface area contributed by atoms with E-state index in [1.54, 1.807) is 23.2 Å². The zero-order valence-corrected chi connectivity index (χ0v) is 14.8. The minimum absolute atomic E-state index is 0.0549. The summed E-state index contributed by atoms with van der Waals surface area (Å²) in [6, 6.07) is 11.3. The molecule has 0 saturated carbocycles. The minimum Gasteiger partial charge on any atom is -0.309 e. The van der Waals surface area contributed by atoms with Crippen LogP contribution in [0.15, 0.2) is 56.7 Å². The third kappa shape index (κ3) is 2.18. The van der Waals surface area contributed by atoms with Crippen LogP contribution in [-0.2, 0) is 14.1 Å². The lowest BCUT2D eigenvalue weighted by atomic mass is 10.1. The fourth-order valence-corrected chi connectivity index (χ4v) is 4.35. The summed E-state index contributed by atoms with van der Waals surface area (Å²) in [5.74, 6) is 0. The molecule has 0 radical (unpaired) electrons. The van der Waals surface area contributed by atoms with E-state index in [1.807, 2.05) is 47.2 Å². The zero-order valence-electron chi connectivity index (χ0n) is 13.1. The lowest BCUT2D eigenvalue weighted by Crippen LogP contribution is -2.24. The molecule has 0 aliphatic carbocycles. The Morgan fingerprint density at radius 3 is 1.50 bits per heavy atom. The molecule has 0 spiro atoms. The average molecular weight is 354 g/mol. The molecule has 0 aliphatic rings. The highest BCUT2D eigenvalue weighted by molar-refractivity contribution is 7.13. The molecule has 4 rings (SSSR count). The Bertz CT molecular complexity index is 1060. The molecule has 0 atom stereocenters. The molecule has 0 N–H and O–H groups in total. The van der Waals surface area contributed by atoms with E-state index in [0.29, 0.717) is 11.1 Å². The van der Waals surface area contributed by atoms with E-state index < -0.39 is 0 Å². The van der Waals surface area contributed by atoms with Crippen LogP contribution < -0.4 is 11.1 Å². The second-order valence-electron chi connectivity index (χ2n) is 5.57. The van der Waals surface area contributed by atoms with Crippen LogP contribution in [0.5, 0.6) is 0 Å². The maximum atomic E-state index is 12.8. The summed E-state index contributed by atoms with van der Waals surface area (Å²) in [6.45, 7) is 0. The third-order valence-corrected chi connectivity index (χ3v) is 6.00. The topological polar surface area (TPSA) is 44.0 Å². The second kappa shape index (κ2) is 5.58. The first-order valence-electron chi connectivity index (χ1n) is 7.39. The highest BCUT2D eigenvalue weighted by Crippen LogP contribution is 2.27. The van der Waals surface area contributed by atoms with Crippen molar-refractivity contribution in [1.82, 2.24) is 9.13 Å². The molecule has 0 saturated heterocycles. The lowest BCUT2D eigenvalue weighted by molar-refractivity contribution is 0.867. The van der Waals surface area contributed by atoms with Gasteiger partial charge < -0.3 is 9.13 Å². The van der Waals surface area contributed by atoms with E-state index in [2.05, 4.69) is 0 Å². The molecule has 0 fully saturated rings. The van der Waals surface area contributed by atoms with Gasteiger partial charge in [0.05, 0.1) is 22.2 Å². The summed E-state index contributed by atoms with van der Waals surface area (Å²) in [4.78, 5) is 27.3. The maximum absolute atomic E-state index is 12.8. The van der Waals surface area contributed by atoms with E-state index in [4.69, 9.17) is 0 Å². The van der Waals surface area contributed by atoms with E-state index in [9.17, 15) is 9.59 Å². The average Bonchev–Trinajstić information content (AvgIpc) is 3.27. The molecule has 4 aromatic heterocycles. The maximum Gasteiger partial charge on any atom is 0.259 e. The normalized spacial score (nSPS) is 11.2. The van der Waals surface area contributed by atoms with Gasteiger partial charge in [0.1, 0.15) is 0 Å². The predicted octanol–water partition coefficient (Wildman–Crippen LogP) is 3.69. The summed E-state index contributed by atoms with van der Waals surface area (Å²) in [6.07, 6.45) is 0. The van der Waals surface area contributed by atoms with Crippen molar-refractivity contribution < 1.29 is 0 Å². The SMILES string of the molecule is Cn1c(=O)c(-c2cccs2)cc2c1cc(-c1cccs1)c(=O)n2C. The number of fused-ring (bicyclic) bond motifs is 1. The van der Waals surface area contributed by atoms with Crippen LogP contribution in [-0.4, -0.2) is 9.13 Å². The second-order valence-corrected chi connectivity index (χ2v) is 7.46. The van der Waals surface area contributed by atoms with E-state index in [0.717, 1.165) is 20.8 Å². The summed E-state index contributed by atoms with van der Waals surface area (Å²) in [7, 11) is 3.51. The summed E-state index contributed by atoms with van der Waals surface area (Å²) in [5.41, 5.74) is 2.65. The summed E-state index contributed by atoms with van der Waals surface area (Å²) in [5, 5.41) is 3.88. The number of hydrogen-bond acceptors (Lipinski definition) is 4. The van der Waals surface area contributed by atoms with Crippen molar-refractivity contribution in [2.75, 3.05) is 0 Å². The van der Waals surface area contributed by atoms with Gasteiger partial charge in [-0.1, -0.05) is 12.1 Å². The van der Waals surface area contributed by atoms with Crippen molar-refractivity contribution >= 4 is 33.7 Å². The van der Waals surface area contributed by atoms with Gasteiger partial charge in [0.2, 0.25) is 0 Å². The number of pyridine rings is 2. The van der Waals surface area contributed by atoms with Gasteiger partial charge in [-0.25, -0.2) is 0 Å². The number of aromatic nitrogens is 2. The van der Waals surface area contributed by atoms with Crippen LogP contribution in [0.25, 0.3) is 31.9 Å². The van der Waals surface area contributed by atoms with Crippen molar-refractivity contribution in [2.24, 2.45) is 14.1 Å². The molecule has 6 heteroatoms. The number of thiophene rings is 2. The fraction of sp³-hybridized carbons (Fsp3) is 0.111. The lowest BCUT2D eigenvalue weighted by Gasteiger charge is -2.13. The number of rotatable bonds is 2. The van der Waals surface area contributed by atoms with Gasteiger partial charge in [-0.3, -0.25) is 9.59 Å². The van der Waals surface area contributed by atoms with Crippen molar-refractivity contribution in [3.8, 4) is 20.9 Å². The van der Waals surface area contributed by atoms with E-state index in [1.165, 1.54) is 22.7 Å². The Morgan fingerprint density at radius 2 is 1.17 bits per heavy atom. The molecule has 0 aliphatic heterocycles. The Hall–Kier alpha value is -2.44. The monoisotopic (exact) mass is 354 g/mol. The number of hydrogen-bond donors (Lipinski definition) is 0. The Morgan fingerprint density at radius 1 is 0.750 bits per heavy atom. The molecule has 0 aromatic carbocycles.